The average molecular weight is 460 g/mol. The minimum atomic E-state index is -3.97. The van der Waals surface area contributed by atoms with E-state index < -0.39 is 22.0 Å². The summed E-state index contributed by atoms with van der Waals surface area (Å²) < 4.78 is 39.2. The number of amides is 2. The van der Waals surface area contributed by atoms with E-state index in [9.17, 15) is 18.0 Å². The third kappa shape index (κ3) is 4.28. The second-order valence-electron chi connectivity index (χ2n) is 8.11. The first-order valence-corrected chi connectivity index (χ1v) is 11.8. The summed E-state index contributed by atoms with van der Waals surface area (Å²) >= 11 is 0. The Kier molecular flexibility index (Phi) is 5.83. The number of ether oxygens (including phenoxy) is 2. The molecule has 4 rings (SSSR count). The molecule has 0 aromatic heterocycles. The van der Waals surface area contributed by atoms with Gasteiger partial charge in [-0.25, -0.2) is 8.42 Å². The first-order valence-electron chi connectivity index (χ1n) is 10.3. The molecule has 2 aliphatic heterocycles. The van der Waals surface area contributed by atoms with Crippen molar-refractivity contribution in [2.24, 2.45) is 5.92 Å². The third-order valence-corrected chi connectivity index (χ3v) is 6.95. The molecule has 1 atom stereocenters. The lowest BCUT2D eigenvalue weighted by Crippen LogP contribution is -2.47. The fourth-order valence-corrected chi connectivity index (χ4v) is 5.19. The van der Waals surface area contributed by atoms with Crippen molar-refractivity contribution in [1.29, 1.82) is 0 Å². The van der Waals surface area contributed by atoms with Gasteiger partial charge in [-0.3, -0.25) is 9.59 Å². The Morgan fingerprint density at radius 2 is 1.81 bits per heavy atom. The first-order chi connectivity index (χ1) is 15.2. The van der Waals surface area contributed by atoms with Gasteiger partial charge in [0.05, 0.1) is 4.90 Å². The van der Waals surface area contributed by atoms with Crippen molar-refractivity contribution < 1.29 is 27.5 Å². The van der Waals surface area contributed by atoms with Crippen LogP contribution in [0.4, 0.5) is 11.4 Å². The van der Waals surface area contributed by atoms with Gasteiger partial charge in [0, 0.05) is 30.9 Å². The Hall–Kier alpha value is -3.11. The molecule has 2 heterocycles. The normalized spacial score (nSPS) is 15.6. The molecule has 2 aromatic carbocycles. The summed E-state index contributed by atoms with van der Waals surface area (Å²) in [6, 6.07) is 8.64. The minimum absolute atomic E-state index is 0.0585. The molecular weight excluding hydrogens is 434 g/mol. The van der Waals surface area contributed by atoms with Crippen LogP contribution in [0.25, 0.3) is 0 Å². The predicted molar refractivity (Wildman–Crippen MR) is 118 cm³/mol. The Bertz CT molecular complexity index is 1180. The molecule has 10 heteroatoms. The molecule has 1 unspecified atom stereocenters. The number of nitrogens with one attached hydrogen (secondary N) is 2. The van der Waals surface area contributed by atoms with E-state index in [-0.39, 0.29) is 23.5 Å². The molecule has 2 amide bonds. The molecule has 2 aliphatic rings. The summed E-state index contributed by atoms with van der Waals surface area (Å²) in [5, 5.41) is 2.74. The number of hydrogen-bond donors (Lipinski definition) is 2. The summed E-state index contributed by atoms with van der Waals surface area (Å²) in [5.41, 5.74) is 1.98. The summed E-state index contributed by atoms with van der Waals surface area (Å²) in [5.74, 6) is 0.233. The number of anilines is 2. The van der Waals surface area contributed by atoms with Crippen LogP contribution in [0.2, 0.25) is 0 Å². The molecule has 0 spiro atoms. The zero-order chi connectivity index (χ0) is 23.0. The second kappa shape index (κ2) is 8.44. The van der Waals surface area contributed by atoms with Crippen molar-refractivity contribution in [2.45, 2.75) is 38.1 Å². The van der Waals surface area contributed by atoms with Gasteiger partial charge in [0.25, 0.3) is 0 Å². The van der Waals surface area contributed by atoms with Crippen molar-refractivity contribution in [3.8, 4) is 11.5 Å². The quantitative estimate of drug-likeness (QED) is 0.685. The molecule has 170 valence electrons. The van der Waals surface area contributed by atoms with Crippen LogP contribution in [0, 0.1) is 5.92 Å². The van der Waals surface area contributed by atoms with E-state index in [4.69, 9.17) is 9.47 Å². The number of sulfonamides is 1. The van der Waals surface area contributed by atoms with Gasteiger partial charge in [-0.2, -0.15) is 4.72 Å². The third-order valence-electron chi connectivity index (χ3n) is 5.51. The van der Waals surface area contributed by atoms with Crippen LogP contribution in [0.1, 0.15) is 26.3 Å². The maximum Gasteiger partial charge on any atom is 0.242 e. The van der Waals surface area contributed by atoms with Crippen LogP contribution in [0.3, 0.4) is 0 Å². The lowest BCUT2D eigenvalue weighted by Gasteiger charge is -2.22. The Labute approximate surface area is 186 Å². The fourth-order valence-electron chi connectivity index (χ4n) is 3.79. The summed E-state index contributed by atoms with van der Waals surface area (Å²) in [7, 11) is -3.97. The number of nitrogens with zero attached hydrogens (tertiary/aromatic N) is 1. The Balaban J connectivity index is 1.52. The highest BCUT2D eigenvalue weighted by Crippen LogP contribution is 2.34. The van der Waals surface area contributed by atoms with Gasteiger partial charge in [-0.15, -0.1) is 0 Å². The zero-order valence-corrected chi connectivity index (χ0v) is 18.9. The maximum atomic E-state index is 13.1. The molecule has 0 radical (unpaired) electrons. The van der Waals surface area contributed by atoms with Crippen molar-refractivity contribution in [3.05, 3.63) is 42.0 Å². The predicted octanol–water partition coefficient (Wildman–Crippen LogP) is 2.27. The van der Waals surface area contributed by atoms with Crippen LogP contribution in [-0.4, -0.2) is 39.6 Å². The van der Waals surface area contributed by atoms with Crippen LogP contribution >= 0.6 is 0 Å². The first kappa shape index (κ1) is 22.1. The van der Waals surface area contributed by atoms with Gasteiger partial charge in [0.2, 0.25) is 28.6 Å². The van der Waals surface area contributed by atoms with Gasteiger partial charge in [0.15, 0.2) is 11.5 Å². The van der Waals surface area contributed by atoms with Gasteiger partial charge in [-0.1, -0.05) is 13.8 Å². The van der Waals surface area contributed by atoms with Crippen molar-refractivity contribution in [2.75, 3.05) is 23.6 Å². The van der Waals surface area contributed by atoms with Gasteiger partial charge < -0.3 is 19.7 Å². The number of rotatable bonds is 6. The molecule has 32 heavy (non-hydrogen) atoms. The van der Waals surface area contributed by atoms with Crippen molar-refractivity contribution in [1.82, 2.24) is 4.72 Å². The van der Waals surface area contributed by atoms with Gasteiger partial charge in [0.1, 0.15) is 6.04 Å². The van der Waals surface area contributed by atoms with Crippen LogP contribution in [0.15, 0.2) is 41.3 Å². The monoisotopic (exact) mass is 459 g/mol. The Morgan fingerprint density at radius 1 is 1.06 bits per heavy atom. The molecular formula is C22H25N3O6S. The van der Waals surface area contributed by atoms with Crippen LogP contribution in [-0.2, 0) is 26.0 Å². The van der Waals surface area contributed by atoms with E-state index in [1.807, 2.05) is 0 Å². The van der Waals surface area contributed by atoms with E-state index in [0.29, 0.717) is 30.2 Å². The molecule has 0 saturated carbocycles. The standard InChI is InChI=1S/C22H25N3O6S/c1-13(2)21(22(27)23-16-4-7-19-20(11-16)31-12-30-19)24-32(28,29)17-5-6-18-15(10-17)8-9-25(18)14(3)26/h4-7,10-11,13,21,24H,8-9,12H2,1-3H3,(H,23,27). The van der Waals surface area contributed by atoms with Gasteiger partial charge >= 0.3 is 0 Å². The number of benzene rings is 2. The molecule has 0 saturated heterocycles. The SMILES string of the molecule is CC(=O)N1CCc2cc(S(=O)(=O)NC(C(=O)Nc3ccc4c(c3)OCO4)C(C)C)ccc21. The average Bonchev–Trinajstić information content (AvgIpc) is 3.37. The summed E-state index contributed by atoms with van der Waals surface area (Å²) in [4.78, 5) is 26.3. The molecule has 2 N–H and O–H groups in total. The lowest BCUT2D eigenvalue weighted by atomic mass is 10.0. The highest BCUT2D eigenvalue weighted by atomic mass is 32.2. The van der Waals surface area contributed by atoms with E-state index in [0.717, 1.165) is 11.3 Å². The highest BCUT2D eigenvalue weighted by molar-refractivity contribution is 7.89. The number of carbonyl (C=O) groups excluding carboxylic acids is 2. The minimum Gasteiger partial charge on any atom is -0.454 e. The molecule has 9 nitrogen and oxygen atoms in total. The molecule has 0 aliphatic carbocycles. The maximum absolute atomic E-state index is 13.1. The summed E-state index contributed by atoms with van der Waals surface area (Å²) in [6.45, 7) is 5.65. The van der Waals surface area contributed by atoms with Crippen molar-refractivity contribution in [3.63, 3.8) is 0 Å². The smallest absolute Gasteiger partial charge is 0.242 e. The molecule has 2 aromatic rings. The fraction of sp³-hybridized carbons (Fsp3) is 0.364. The highest BCUT2D eigenvalue weighted by Gasteiger charge is 2.30. The topological polar surface area (TPSA) is 114 Å². The summed E-state index contributed by atoms with van der Waals surface area (Å²) in [6.07, 6.45) is 0.580. The number of hydrogen-bond acceptors (Lipinski definition) is 6. The van der Waals surface area contributed by atoms with E-state index >= 15 is 0 Å². The van der Waals surface area contributed by atoms with Crippen molar-refractivity contribution >= 4 is 33.2 Å². The van der Waals surface area contributed by atoms with E-state index in [1.165, 1.54) is 13.0 Å². The Morgan fingerprint density at radius 3 is 2.53 bits per heavy atom. The van der Waals surface area contributed by atoms with Crippen LogP contribution in [0.5, 0.6) is 11.5 Å². The van der Waals surface area contributed by atoms with E-state index in [2.05, 4.69) is 10.0 Å². The lowest BCUT2D eigenvalue weighted by molar-refractivity contribution is -0.118. The molecule has 0 bridgehead atoms. The number of carbonyl (C=O) groups is 2. The van der Waals surface area contributed by atoms with E-state index in [1.54, 1.807) is 49.1 Å². The second-order valence-corrected chi connectivity index (χ2v) is 9.83. The number of fused-ring (bicyclic) bond motifs is 2. The largest absolute Gasteiger partial charge is 0.454 e. The molecule has 0 fully saturated rings. The van der Waals surface area contributed by atoms with Gasteiger partial charge in [-0.05, 0) is 48.2 Å². The van der Waals surface area contributed by atoms with Crippen LogP contribution < -0.4 is 24.4 Å². The zero-order valence-electron chi connectivity index (χ0n) is 18.0.